The molecule has 2 aromatic rings. The molecule has 0 bridgehead atoms. The maximum atomic E-state index is 13.9. The maximum Gasteiger partial charge on any atom is 0.338 e. The van der Waals surface area contributed by atoms with Gasteiger partial charge in [0.25, 0.3) is 0 Å². The van der Waals surface area contributed by atoms with Gasteiger partial charge in [-0.25, -0.2) is 14.2 Å². The molecule has 0 radical (unpaired) electrons. The van der Waals surface area contributed by atoms with E-state index in [9.17, 15) is 9.18 Å². The predicted molar refractivity (Wildman–Crippen MR) is 65.9 cm³/mol. The number of esters is 1. The zero-order chi connectivity index (χ0) is 13.3. The highest BCUT2D eigenvalue weighted by molar-refractivity contribution is 6.02. The van der Waals surface area contributed by atoms with Crippen molar-refractivity contribution < 1.29 is 13.9 Å². The molecule has 0 aliphatic heterocycles. The average Bonchev–Trinajstić information content (AvgIpc) is 2.65. The van der Waals surface area contributed by atoms with Gasteiger partial charge in [-0.05, 0) is 12.0 Å². The lowest BCUT2D eigenvalue weighted by Gasteiger charge is -2.07. The molecule has 0 saturated heterocycles. The smallest absolute Gasteiger partial charge is 0.338 e. The molecule has 2 aromatic heterocycles. The van der Waals surface area contributed by atoms with E-state index in [1.54, 1.807) is 4.57 Å². The average molecular weight is 250 g/mol. The predicted octanol–water partition coefficient (Wildman–Crippen LogP) is 2.62. The molecular formula is C13H15FN2O2. The highest BCUT2D eigenvalue weighted by Crippen LogP contribution is 2.23. The van der Waals surface area contributed by atoms with Gasteiger partial charge in [-0.3, -0.25) is 0 Å². The van der Waals surface area contributed by atoms with E-state index in [4.69, 9.17) is 0 Å². The van der Waals surface area contributed by atoms with Crippen molar-refractivity contribution in [3.05, 3.63) is 29.8 Å². The summed E-state index contributed by atoms with van der Waals surface area (Å²) >= 11 is 0. The summed E-state index contributed by atoms with van der Waals surface area (Å²) in [7, 11) is 1.28. The van der Waals surface area contributed by atoms with E-state index < -0.39 is 11.8 Å². The lowest BCUT2D eigenvalue weighted by molar-refractivity contribution is 0.0602. The number of nitrogens with zero attached hydrogens (tertiary/aromatic N) is 2. The van der Waals surface area contributed by atoms with Crippen LogP contribution in [0.25, 0.3) is 11.0 Å². The summed E-state index contributed by atoms with van der Waals surface area (Å²) in [6.45, 7) is 4.72. The third-order valence-corrected chi connectivity index (χ3v) is 2.68. The van der Waals surface area contributed by atoms with Crippen molar-refractivity contribution in [1.82, 2.24) is 9.55 Å². The number of rotatable bonds is 3. The molecule has 0 unspecified atom stereocenters. The number of pyridine rings is 1. The van der Waals surface area contributed by atoms with E-state index in [0.29, 0.717) is 18.1 Å². The van der Waals surface area contributed by atoms with Crippen molar-refractivity contribution in [1.29, 1.82) is 0 Å². The standard InChI is InChI=1S/C13H15FN2O2/c1-8(2)6-16-7-10(14)11-9(13(17)18-3)4-5-15-12(11)16/h4-5,7-8H,6H2,1-3H3. The molecule has 4 nitrogen and oxygen atoms in total. The fraction of sp³-hybridized carbons (Fsp3) is 0.385. The van der Waals surface area contributed by atoms with Crippen LogP contribution < -0.4 is 0 Å². The van der Waals surface area contributed by atoms with Gasteiger partial charge in [-0.15, -0.1) is 0 Å². The number of carbonyl (C=O) groups is 1. The van der Waals surface area contributed by atoms with E-state index >= 15 is 0 Å². The number of ether oxygens (including phenoxy) is 1. The lowest BCUT2D eigenvalue weighted by Crippen LogP contribution is -2.05. The monoisotopic (exact) mass is 250 g/mol. The van der Waals surface area contributed by atoms with E-state index in [1.807, 2.05) is 13.8 Å². The van der Waals surface area contributed by atoms with Crippen LogP contribution in [0, 0.1) is 11.7 Å². The Kier molecular flexibility index (Phi) is 3.32. The zero-order valence-electron chi connectivity index (χ0n) is 10.6. The number of hydrogen-bond acceptors (Lipinski definition) is 3. The highest BCUT2D eigenvalue weighted by Gasteiger charge is 2.18. The van der Waals surface area contributed by atoms with Gasteiger partial charge in [-0.2, -0.15) is 0 Å². The summed E-state index contributed by atoms with van der Waals surface area (Å²) in [6, 6.07) is 1.47. The largest absolute Gasteiger partial charge is 0.465 e. The van der Waals surface area contributed by atoms with E-state index in [-0.39, 0.29) is 10.9 Å². The van der Waals surface area contributed by atoms with Crippen molar-refractivity contribution in [3.63, 3.8) is 0 Å². The van der Waals surface area contributed by atoms with Crippen LogP contribution in [-0.4, -0.2) is 22.6 Å². The van der Waals surface area contributed by atoms with E-state index in [1.165, 1.54) is 25.6 Å². The van der Waals surface area contributed by atoms with Crippen LogP contribution in [0.4, 0.5) is 4.39 Å². The minimum absolute atomic E-state index is 0.211. The number of aromatic nitrogens is 2. The number of methoxy groups -OCH3 is 1. The van der Waals surface area contributed by atoms with E-state index in [0.717, 1.165) is 0 Å². The first kappa shape index (κ1) is 12.5. The lowest BCUT2D eigenvalue weighted by atomic mass is 10.2. The quantitative estimate of drug-likeness (QED) is 0.786. The number of fused-ring (bicyclic) bond motifs is 1. The fourth-order valence-electron chi connectivity index (χ4n) is 1.98. The molecule has 0 amide bonds. The van der Waals surface area contributed by atoms with E-state index in [2.05, 4.69) is 9.72 Å². The Morgan fingerprint density at radius 2 is 2.28 bits per heavy atom. The second kappa shape index (κ2) is 4.76. The minimum atomic E-state index is -0.552. The normalized spacial score (nSPS) is 11.2. The summed E-state index contributed by atoms with van der Waals surface area (Å²) in [5.74, 6) is -0.633. The Balaban J connectivity index is 2.64. The molecule has 2 rings (SSSR count). The molecule has 0 aliphatic carbocycles. The van der Waals surface area contributed by atoms with Crippen LogP contribution >= 0.6 is 0 Å². The van der Waals surface area contributed by atoms with Gasteiger partial charge in [0.05, 0.1) is 18.1 Å². The minimum Gasteiger partial charge on any atom is -0.465 e. The van der Waals surface area contributed by atoms with Crippen molar-refractivity contribution in [2.24, 2.45) is 5.92 Å². The first-order valence-corrected chi connectivity index (χ1v) is 5.76. The van der Waals surface area contributed by atoms with Gasteiger partial charge < -0.3 is 9.30 Å². The number of hydrogen-bond donors (Lipinski definition) is 0. The van der Waals surface area contributed by atoms with Gasteiger partial charge in [-0.1, -0.05) is 13.8 Å². The van der Waals surface area contributed by atoms with Gasteiger partial charge in [0.15, 0.2) is 5.82 Å². The van der Waals surface area contributed by atoms with Gasteiger partial charge in [0.1, 0.15) is 5.65 Å². The number of carbonyl (C=O) groups excluding carboxylic acids is 1. The summed E-state index contributed by atoms with van der Waals surface area (Å²) in [4.78, 5) is 15.7. The van der Waals surface area contributed by atoms with Crippen LogP contribution in [-0.2, 0) is 11.3 Å². The topological polar surface area (TPSA) is 44.1 Å². The summed E-state index contributed by atoms with van der Waals surface area (Å²) < 4.78 is 20.3. The van der Waals surface area contributed by atoms with Crippen LogP contribution in [0.1, 0.15) is 24.2 Å². The molecule has 0 saturated carbocycles. The molecule has 96 valence electrons. The van der Waals surface area contributed by atoms with Crippen LogP contribution in [0.2, 0.25) is 0 Å². The third kappa shape index (κ3) is 2.08. The highest BCUT2D eigenvalue weighted by atomic mass is 19.1. The second-order valence-electron chi connectivity index (χ2n) is 4.57. The molecule has 0 aromatic carbocycles. The molecule has 0 atom stereocenters. The molecule has 0 N–H and O–H groups in total. The fourth-order valence-corrected chi connectivity index (χ4v) is 1.98. The second-order valence-corrected chi connectivity index (χ2v) is 4.57. The molecule has 0 aliphatic rings. The summed E-state index contributed by atoms with van der Waals surface area (Å²) in [5.41, 5.74) is 0.687. The van der Waals surface area contributed by atoms with Gasteiger partial charge in [0, 0.05) is 18.9 Å². The molecule has 5 heteroatoms. The molecule has 0 fully saturated rings. The Hall–Kier alpha value is -1.91. The molecular weight excluding hydrogens is 235 g/mol. The first-order chi connectivity index (χ1) is 8.54. The van der Waals surface area contributed by atoms with Crippen molar-refractivity contribution in [2.75, 3.05) is 7.11 Å². The zero-order valence-corrected chi connectivity index (χ0v) is 10.6. The molecule has 18 heavy (non-hydrogen) atoms. The summed E-state index contributed by atoms with van der Waals surface area (Å²) in [6.07, 6.45) is 2.87. The number of halogens is 1. The molecule has 0 spiro atoms. The Morgan fingerprint density at radius 1 is 1.56 bits per heavy atom. The Morgan fingerprint density at radius 3 is 2.89 bits per heavy atom. The van der Waals surface area contributed by atoms with Crippen LogP contribution in [0.3, 0.4) is 0 Å². The Labute approximate surface area is 104 Å². The van der Waals surface area contributed by atoms with Crippen molar-refractivity contribution in [3.8, 4) is 0 Å². The molecule has 2 heterocycles. The van der Waals surface area contributed by atoms with Crippen LogP contribution in [0.5, 0.6) is 0 Å². The Bertz CT molecular complexity index is 590. The maximum absolute atomic E-state index is 13.9. The summed E-state index contributed by atoms with van der Waals surface area (Å²) in [5, 5.41) is 0.227. The van der Waals surface area contributed by atoms with Crippen molar-refractivity contribution >= 4 is 17.0 Å². The van der Waals surface area contributed by atoms with Gasteiger partial charge >= 0.3 is 5.97 Å². The SMILES string of the molecule is COC(=O)c1ccnc2c1c(F)cn2CC(C)C. The van der Waals surface area contributed by atoms with Crippen molar-refractivity contribution in [2.45, 2.75) is 20.4 Å². The van der Waals surface area contributed by atoms with Crippen LogP contribution in [0.15, 0.2) is 18.5 Å². The first-order valence-electron chi connectivity index (χ1n) is 5.76. The third-order valence-electron chi connectivity index (χ3n) is 2.68. The van der Waals surface area contributed by atoms with Gasteiger partial charge in [0.2, 0.25) is 0 Å².